The van der Waals surface area contributed by atoms with Gasteiger partial charge < -0.3 is 4.74 Å². The molecule has 62 valence electrons. The summed E-state index contributed by atoms with van der Waals surface area (Å²) < 4.78 is 6.35. The summed E-state index contributed by atoms with van der Waals surface area (Å²) in [6.07, 6.45) is 0. The summed E-state index contributed by atoms with van der Waals surface area (Å²) in [7, 11) is 0. The molecule has 0 aliphatic heterocycles. The molecule has 0 N–H and O–H groups in total. The molecule has 0 amide bonds. The molecule has 3 heteroatoms. The third-order valence-corrected chi connectivity index (χ3v) is 2.10. The van der Waals surface area contributed by atoms with E-state index < -0.39 is 0 Å². The molecule has 12 heavy (non-hydrogen) atoms. The van der Waals surface area contributed by atoms with Crippen molar-refractivity contribution in [3.05, 3.63) is 27.3 Å². The van der Waals surface area contributed by atoms with E-state index in [0.29, 0.717) is 0 Å². The Morgan fingerprint density at radius 2 is 2.33 bits per heavy atom. The van der Waals surface area contributed by atoms with Crippen LogP contribution in [0.4, 0.5) is 0 Å². The van der Waals surface area contributed by atoms with Crippen molar-refractivity contribution in [2.75, 3.05) is 6.61 Å². The standard InChI is InChI=1S/C9H8INO/c1-7-6-8(10)2-3-9(7)12-5-4-11/h2-3,6H,5H2,1H3. The maximum atomic E-state index is 8.30. The molecule has 0 aromatic heterocycles. The number of rotatable bonds is 2. The largest absolute Gasteiger partial charge is 0.478 e. The number of benzene rings is 1. The number of hydrogen-bond acceptors (Lipinski definition) is 2. The van der Waals surface area contributed by atoms with Gasteiger partial charge in [0, 0.05) is 3.57 Å². The minimum atomic E-state index is 0.113. The van der Waals surface area contributed by atoms with Crippen LogP contribution in [0.1, 0.15) is 5.56 Å². The van der Waals surface area contributed by atoms with E-state index >= 15 is 0 Å². The molecule has 0 heterocycles. The molecule has 2 nitrogen and oxygen atoms in total. The van der Waals surface area contributed by atoms with E-state index in [0.717, 1.165) is 11.3 Å². The van der Waals surface area contributed by atoms with E-state index in [1.807, 2.05) is 31.2 Å². The van der Waals surface area contributed by atoms with Gasteiger partial charge in [0.25, 0.3) is 0 Å². The van der Waals surface area contributed by atoms with Gasteiger partial charge in [-0.25, -0.2) is 0 Å². The molecule has 0 saturated heterocycles. The SMILES string of the molecule is Cc1cc(I)ccc1OCC#N. The molecule has 1 aromatic carbocycles. The zero-order valence-electron chi connectivity index (χ0n) is 6.67. The van der Waals surface area contributed by atoms with Crippen molar-refractivity contribution >= 4 is 22.6 Å². The summed E-state index contributed by atoms with van der Waals surface area (Å²) in [5.74, 6) is 0.789. The highest BCUT2D eigenvalue weighted by Crippen LogP contribution is 2.19. The molecular formula is C9H8INO. The molecule has 1 rings (SSSR count). The highest BCUT2D eigenvalue weighted by Gasteiger charge is 1.98. The van der Waals surface area contributed by atoms with E-state index in [4.69, 9.17) is 10.00 Å². The van der Waals surface area contributed by atoms with Crippen molar-refractivity contribution in [1.82, 2.24) is 0 Å². The summed E-state index contributed by atoms with van der Waals surface area (Å²) in [6.45, 7) is 2.08. The smallest absolute Gasteiger partial charge is 0.174 e. The topological polar surface area (TPSA) is 33.0 Å². The van der Waals surface area contributed by atoms with E-state index in [9.17, 15) is 0 Å². The first-order chi connectivity index (χ1) is 5.74. The van der Waals surface area contributed by atoms with Gasteiger partial charge in [-0.3, -0.25) is 0 Å². The molecule has 0 atom stereocenters. The van der Waals surface area contributed by atoms with Crippen LogP contribution in [-0.4, -0.2) is 6.61 Å². The van der Waals surface area contributed by atoms with Crippen molar-refractivity contribution in [2.24, 2.45) is 0 Å². The molecule has 0 spiro atoms. The van der Waals surface area contributed by atoms with Crippen LogP contribution in [-0.2, 0) is 0 Å². The summed E-state index contributed by atoms with van der Waals surface area (Å²) in [4.78, 5) is 0. The van der Waals surface area contributed by atoms with Crippen LogP contribution in [0.2, 0.25) is 0 Å². The second-order valence-electron chi connectivity index (χ2n) is 2.36. The first-order valence-corrected chi connectivity index (χ1v) is 4.58. The van der Waals surface area contributed by atoms with Gasteiger partial charge in [-0.05, 0) is 53.3 Å². The van der Waals surface area contributed by atoms with Crippen molar-refractivity contribution < 1.29 is 4.74 Å². The van der Waals surface area contributed by atoms with Crippen molar-refractivity contribution in [3.63, 3.8) is 0 Å². The molecule has 0 fully saturated rings. The van der Waals surface area contributed by atoms with Gasteiger partial charge in [0.05, 0.1) is 0 Å². The number of aryl methyl sites for hydroxylation is 1. The first-order valence-electron chi connectivity index (χ1n) is 3.50. The lowest BCUT2D eigenvalue weighted by Gasteiger charge is -2.04. The number of hydrogen-bond donors (Lipinski definition) is 0. The van der Waals surface area contributed by atoms with Gasteiger partial charge in [0.2, 0.25) is 0 Å². The first kappa shape index (κ1) is 9.33. The predicted octanol–water partition coefficient (Wildman–Crippen LogP) is 2.50. The second-order valence-corrected chi connectivity index (χ2v) is 3.60. The van der Waals surface area contributed by atoms with E-state index in [1.165, 1.54) is 3.57 Å². The fourth-order valence-electron chi connectivity index (χ4n) is 0.885. The van der Waals surface area contributed by atoms with Crippen LogP contribution in [0.15, 0.2) is 18.2 Å². The van der Waals surface area contributed by atoms with Crippen molar-refractivity contribution in [1.29, 1.82) is 5.26 Å². The molecule has 1 aromatic rings. The summed E-state index contributed by atoms with van der Waals surface area (Å²) in [5.41, 5.74) is 1.07. The maximum Gasteiger partial charge on any atom is 0.174 e. The van der Waals surface area contributed by atoms with Gasteiger partial charge in [-0.1, -0.05) is 0 Å². The number of halogens is 1. The Labute approximate surface area is 85.3 Å². The molecule has 0 saturated carbocycles. The lowest BCUT2D eigenvalue weighted by Crippen LogP contribution is -1.95. The minimum absolute atomic E-state index is 0.113. The van der Waals surface area contributed by atoms with E-state index in [2.05, 4.69) is 22.6 Å². The summed E-state index contributed by atoms with van der Waals surface area (Å²) in [6, 6.07) is 7.80. The Hall–Kier alpha value is -0.760. The Bertz CT molecular complexity index is 317. The molecule has 0 unspecified atom stereocenters. The normalized spacial score (nSPS) is 9.08. The molecule has 0 aliphatic rings. The fraction of sp³-hybridized carbons (Fsp3) is 0.222. The summed E-state index contributed by atoms with van der Waals surface area (Å²) >= 11 is 2.24. The zero-order valence-corrected chi connectivity index (χ0v) is 8.83. The molecule has 0 radical (unpaired) electrons. The molecular weight excluding hydrogens is 265 g/mol. The predicted molar refractivity (Wildman–Crippen MR) is 55.0 cm³/mol. The van der Waals surface area contributed by atoms with Crippen LogP contribution in [0.5, 0.6) is 5.75 Å². The maximum absolute atomic E-state index is 8.30. The number of nitriles is 1. The van der Waals surface area contributed by atoms with Crippen LogP contribution in [0, 0.1) is 21.8 Å². The fourth-order valence-corrected chi connectivity index (χ4v) is 1.53. The lowest BCUT2D eigenvalue weighted by molar-refractivity contribution is 0.365. The third kappa shape index (κ3) is 2.38. The van der Waals surface area contributed by atoms with Gasteiger partial charge in [0.1, 0.15) is 11.8 Å². The monoisotopic (exact) mass is 273 g/mol. The van der Waals surface area contributed by atoms with Gasteiger partial charge >= 0.3 is 0 Å². The molecule has 0 bridgehead atoms. The average molecular weight is 273 g/mol. The van der Waals surface area contributed by atoms with Gasteiger partial charge in [0.15, 0.2) is 6.61 Å². The van der Waals surface area contributed by atoms with Crippen molar-refractivity contribution in [2.45, 2.75) is 6.92 Å². The summed E-state index contributed by atoms with van der Waals surface area (Å²) in [5, 5.41) is 8.30. The third-order valence-electron chi connectivity index (χ3n) is 1.43. The molecule has 0 aliphatic carbocycles. The number of nitrogens with zero attached hydrogens (tertiary/aromatic N) is 1. The van der Waals surface area contributed by atoms with Crippen LogP contribution in [0.25, 0.3) is 0 Å². The van der Waals surface area contributed by atoms with Crippen LogP contribution < -0.4 is 4.74 Å². The quantitative estimate of drug-likeness (QED) is 0.775. The van der Waals surface area contributed by atoms with E-state index in [1.54, 1.807) is 0 Å². The Morgan fingerprint density at radius 1 is 1.58 bits per heavy atom. The zero-order chi connectivity index (χ0) is 8.97. The van der Waals surface area contributed by atoms with Crippen molar-refractivity contribution in [3.8, 4) is 11.8 Å². The van der Waals surface area contributed by atoms with Crippen LogP contribution >= 0.6 is 22.6 Å². The highest BCUT2D eigenvalue weighted by atomic mass is 127. The average Bonchev–Trinajstić information content (AvgIpc) is 2.03. The lowest BCUT2D eigenvalue weighted by atomic mass is 10.2. The van der Waals surface area contributed by atoms with Gasteiger partial charge in [-0.2, -0.15) is 5.26 Å². The Balaban J connectivity index is 2.81. The second kappa shape index (κ2) is 4.31. The minimum Gasteiger partial charge on any atom is -0.478 e. The highest BCUT2D eigenvalue weighted by molar-refractivity contribution is 14.1. The van der Waals surface area contributed by atoms with Crippen LogP contribution in [0.3, 0.4) is 0 Å². The number of ether oxygens (including phenoxy) is 1. The van der Waals surface area contributed by atoms with Gasteiger partial charge in [-0.15, -0.1) is 0 Å². The Morgan fingerprint density at radius 3 is 2.92 bits per heavy atom. The van der Waals surface area contributed by atoms with E-state index in [-0.39, 0.29) is 6.61 Å². The Kier molecular flexibility index (Phi) is 3.35.